The second-order valence-corrected chi connectivity index (χ2v) is 16.5. The molecule has 0 bridgehead atoms. The second-order valence-electron chi connectivity index (χ2n) is 16.5. The Morgan fingerprint density at radius 2 is 0.730 bits per heavy atom. The fourth-order valence-corrected chi connectivity index (χ4v) is 10.3. The minimum absolute atomic E-state index is 0.588. The van der Waals surface area contributed by atoms with Crippen molar-refractivity contribution in [1.82, 2.24) is 4.57 Å². The molecule has 1 aliphatic rings. The molecule has 11 aromatic rings. The highest BCUT2D eigenvalue weighted by Gasteiger charge is 2.46. The van der Waals surface area contributed by atoms with Crippen molar-refractivity contribution < 1.29 is 0 Å². The van der Waals surface area contributed by atoms with Crippen molar-refractivity contribution in [1.29, 1.82) is 0 Å². The Labute approximate surface area is 368 Å². The summed E-state index contributed by atoms with van der Waals surface area (Å²) >= 11 is 0. The Bertz CT molecular complexity index is 3270. The summed E-state index contributed by atoms with van der Waals surface area (Å²) < 4.78 is 2.38. The van der Waals surface area contributed by atoms with E-state index in [1.165, 1.54) is 77.4 Å². The maximum absolute atomic E-state index is 2.46. The molecule has 10 aromatic carbocycles. The lowest BCUT2D eigenvalue weighted by Gasteiger charge is -2.35. The van der Waals surface area contributed by atoms with E-state index in [9.17, 15) is 0 Å². The van der Waals surface area contributed by atoms with Gasteiger partial charge in [-0.3, -0.25) is 0 Å². The number of rotatable bonds is 8. The van der Waals surface area contributed by atoms with Gasteiger partial charge < -0.3 is 9.47 Å². The summed E-state index contributed by atoms with van der Waals surface area (Å²) in [6, 6.07) is 93.3. The molecular formula is C61H42N2. The third-order valence-electron chi connectivity index (χ3n) is 13.1. The molecule has 0 N–H and O–H groups in total. The fourth-order valence-electron chi connectivity index (χ4n) is 10.3. The van der Waals surface area contributed by atoms with E-state index in [1.54, 1.807) is 0 Å². The Morgan fingerprint density at radius 1 is 0.302 bits per heavy atom. The Hall–Kier alpha value is -8.20. The van der Waals surface area contributed by atoms with Gasteiger partial charge in [0, 0.05) is 33.5 Å². The third-order valence-corrected chi connectivity index (χ3v) is 13.1. The molecule has 0 spiro atoms. The lowest BCUT2D eigenvalue weighted by Crippen LogP contribution is -2.28. The molecule has 2 heteroatoms. The maximum Gasteiger partial charge on any atom is 0.0714 e. The number of fused-ring (bicyclic) bond motifs is 6. The summed E-state index contributed by atoms with van der Waals surface area (Å²) in [5, 5.41) is 2.52. The van der Waals surface area contributed by atoms with Crippen LogP contribution in [0.3, 0.4) is 0 Å². The van der Waals surface area contributed by atoms with Gasteiger partial charge >= 0.3 is 0 Å². The van der Waals surface area contributed by atoms with Crippen molar-refractivity contribution in [3.63, 3.8) is 0 Å². The van der Waals surface area contributed by atoms with Gasteiger partial charge in [0.2, 0.25) is 0 Å². The fraction of sp³-hybridized carbons (Fsp3) is 0.0164. The zero-order valence-electron chi connectivity index (χ0n) is 34.6. The number of hydrogen-bond donors (Lipinski definition) is 0. The minimum atomic E-state index is -0.588. The van der Waals surface area contributed by atoms with Crippen LogP contribution in [-0.4, -0.2) is 4.57 Å². The SMILES string of the molecule is c1ccc(-c2ccc(C3(c4ccc(-c5ccccc5)cc4)c4ccccc4-c4ccc(N(c5ccccc5)c5ccc(-n6c7ccccc7c7ccccc76)cc5)cc43)cc2)cc1. The van der Waals surface area contributed by atoms with Crippen LogP contribution in [0.5, 0.6) is 0 Å². The van der Waals surface area contributed by atoms with Gasteiger partial charge in [0.25, 0.3) is 0 Å². The van der Waals surface area contributed by atoms with Crippen molar-refractivity contribution in [2.75, 3.05) is 4.90 Å². The van der Waals surface area contributed by atoms with Crippen LogP contribution in [0.1, 0.15) is 22.3 Å². The van der Waals surface area contributed by atoms with Crippen molar-refractivity contribution in [3.8, 4) is 39.1 Å². The number of benzene rings is 10. The Morgan fingerprint density at radius 3 is 1.30 bits per heavy atom. The molecule has 1 aliphatic carbocycles. The number of aromatic nitrogens is 1. The summed E-state index contributed by atoms with van der Waals surface area (Å²) in [6.07, 6.45) is 0. The number of anilines is 3. The highest BCUT2D eigenvalue weighted by atomic mass is 15.1. The normalized spacial score (nSPS) is 12.6. The van der Waals surface area contributed by atoms with Gasteiger partial charge in [-0.25, -0.2) is 0 Å². The summed E-state index contributed by atoms with van der Waals surface area (Å²) in [7, 11) is 0. The smallest absolute Gasteiger partial charge is 0.0714 e. The summed E-state index contributed by atoms with van der Waals surface area (Å²) in [5.74, 6) is 0. The van der Waals surface area contributed by atoms with E-state index in [1.807, 2.05) is 0 Å². The molecule has 0 saturated heterocycles. The molecule has 296 valence electrons. The second kappa shape index (κ2) is 15.1. The minimum Gasteiger partial charge on any atom is -0.310 e. The van der Waals surface area contributed by atoms with E-state index < -0.39 is 5.41 Å². The van der Waals surface area contributed by atoms with Gasteiger partial charge in [0.05, 0.1) is 16.4 Å². The summed E-state index contributed by atoms with van der Waals surface area (Å²) in [4.78, 5) is 2.40. The van der Waals surface area contributed by atoms with Crippen LogP contribution in [-0.2, 0) is 5.41 Å². The highest BCUT2D eigenvalue weighted by Crippen LogP contribution is 2.57. The van der Waals surface area contributed by atoms with E-state index in [2.05, 4.69) is 264 Å². The van der Waals surface area contributed by atoms with E-state index in [0.29, 0.717) is 0 Å². The quantitative estimate of drug-likeness (QED) is 0.149. The lowest BCUT2D eigenvalue weighted by atomic mass is 9.67. The first kappa shape index (κ1) is 36.6. The van der Waals surface area contributed by atoms with Crippen molar-refractivity contribution in [2.45, 2.75) is 5.41 Å². The molecule has 0 saturated carbocycles. The first-order valence-corrected chi connectivity index (χ1v) is 21.8. The standard InChI is InChI=1S/C61H42N2/c1-4-16-43(17-5-1)45-28-32-47(33-29-45)61(48-34-30-46(31-35-48)44-18-6-2-7-19-44)57-25-13-10-22-53(57)54-41-40-52(42-58(54)61)62(49-20-8-3-9-21-49)50-36-38-51(39-37-50)63-59-26-14-11-23-55(59)56-24-12-15-27-60(56)63/h1-42H. The topological polar surface area (TPSA) is 8.17 Å². The van der Waals surface area contributed by atoms with E-state index in [0.717, 1.165) is 22.7 Å². The van der Waals surface area contributed by atoms with Gasteiger partial charge in [-0.1, -0.05) is 194 Å². The molecule has 1 heterocycles. The van der Waals surface area contributed by atoms with Crippen LogP contribution < -0.4 is 4.90 Å². The van der Waals surface area contributed by atoms with Crippen LogP contribution >= 0.6 is 0 Å². The number of hydrogen-bond acceptors (Lipinski definition) is 1. The average Bonchev–Trinajstić information content (AvgIpc) is 3.86. The van der Waals surface area contributed by atoms with Crippen LogP contribution in [0, 0.1) is 0 Å². The maximum atomic E-state index is 2.46. The largest absolute Gasteiger partial charge is 0.310 e. The van der Waals surface area contributed by atoms with Gasteiger partial charge in [-0.05, 0) is 116 Å². The molecule has 2 nitrogen and oxygen atoms in total. The zero-order valence-corrected chi connectivity index (χ0v) is 34.6. The number of nitrogens with zero attached hydrogens (tertiary/aromatic N) is 2. The Kier molecular flexibility index (Phi) is 8.76. The molecule has 0 radical (unpaired) electrons. The highest BCUT2D eigenvalue weighted by molar-refractivity contribution is 6.09. The predicted octanol–water partition coefficient (Wildman–Crippen LogP) is 16.0. The van der Waals surface area contributed by atoms with Gasteiger partial charge in [-0.15, -0.1) is 0 Å². The predicted molar refractivity (Wildman–Crippen MR) is 264 cm³/mol. The van der Waals surface area contributed by atoms with Crippen molar-refractivity contribution in [2.24, 2.45) is 0 Å². The van der Waals surface area contributed by atoms with Crippen LogP contribution in [0.25, 0.3) is 60.9 Å². The molecule has 63 heavy (non-hydrogen) atoms. The first-order valence-electron chi connectivity index (χ1n) is 21.8. The van der Waals surface area contributed by atoms with Crippen molar-refractivity contribution >= 4 is 38.9 Å². The van der Waals surface area contributed by atoms with Crippen LogP contribution in [0.15, 0.2) is 255 Å². The molecule has 0 aliphatic heterocycles. The summed E-state index contributed by atoms with van der Waals surface area (Å²) in [5.41, 5.74) is 18.6. The van der Waals surface area contributed by atoms with Crippen molar-refractivity contribution in [3.05, 3.63) is 277 Å². The molecule has 0 atom stereocenters. The molecule has 12 rings (SSSR count). The van der Waals surface area contributed by atoms with Gasteiger partial charge in [0.15, 0.2) is 0 Å². The first-order chi connectivity index (χ1) is 31.3. The van der Waals surface area contributed by atoms with E-state index >= 15 is 0 Å². The third kappa shape index (κ3) is 5.95. The molecular weight excluding hydrogens is 761 g/mol. The lowest BCUT2D eigenvalue weighted by molar-refractivity contribution is 0.768. The average molecular weight is 803 g/mol. The molecule has 0 unspecified atom stereocenters. The van der Waals surface area contributed by atoms with E-state index in [4.69, 9.17) is 0 Å². The van der Waals surface area contributed by atoms with Gasteiger partial charge in [-0.2, -0.15) is 0 Å². The molecule has 1 aromatic heterocycles. The van der Waals surface area contributed by atoms with Crippen LogP contribution in [0.4, 0.5) is 17.1 Å². The van der Waals surface area contributed by atoms with E-state index in [-0.39, 0.29) is 0 Å². The zero-order chi connectivity index (χ0) is 41.7. The Balaban J connectivity index is 1.05. The number of para-hydroxylation sites is 3. The molecule has 0 fully saturated rings. The monoisotopic (exact) mass is 802 g/mol. The van der Waals surface area contributed by atoms with Crippen LogP contribution in [0.2, 0.25) is 0 Å². The molecule has 0 amide bonds. The summed E-state index contributed by atoms with van der Waals surface area (Å²) in [6.45, 7) is 0. The van der Waals surface area contributed by atoms with Gasteiger partial charge in [0.1, 0.15) is 0 Å².